The van der Waals surface area contributed by atoms with Crippen LogP contribution in [0.3, 0.4) is 0 Å². The Kier molecular flexibility index (Phi) is 16.3. The van der Waals surface area contributed by atoms with Gasteiger partial charge in [0.1, 0.15) is 0 Å². The molecule has 4 atom stereocenters. The third-order valence-corrected chi connectivity index (χ3v) is 9.76. The zero-order valence-corrected chi connectivity index (χ0v) is 31.3. The molecule has 1 aliphatic carbocycles. The Hall–Kier alpha value is -3.85. The van der Waals surface area contributed by atoms with Crippen LogP contribution in [0.25, 0.3) is 0 Å². The summed E-state index contributed by atoms with van der Waals surface area (Å²) in [5.41, 5.74) is 2.38. The number of nitrogens with one attached hydrogen (secondary N) is 3. The lowest BCUT2D eigenvalue weighted by Crippen LogP contribution is -2.49. The number of quaternary nitrogens is 1. The van der Waals surface area contributed by atoms with Gasteiger partial charge in [-0.25, -0.2) is 0 Å². The van der Waals surface area contributed by atoms with Crippen molar-refractivity contribution in [1.82, 2.24) is 16.0 Å². The Bertz CT molecular complexity index is 1400. The maximum Gasteiger partial charge on any atom is 0.251 e. The minimum atomic E-state index is -0.826. The maximum atomic E-state index is 14.0. The summed E-state index contributed by atoms with van der Waals surface area (Å²) in [6.07, 6.45) is 7.19. The Morgan fingerprint density at radius 1 is 0.820 bits per heavy atom. The van der Waals surface area contributed by atoms with Gasteiger partial charge in [0.25, 0.3) is 5.91 Å². The second kappa shape index (κ2) is 20.1. The maximum absolute atomic E-state index is 14.0. The topological polar surface area (TPSA) is 121 Å². The van der Waals surface area contributed by atoms with Crippen LogP contribution in [-0.2, 0) is 25.6 Å². The van der Waals surface area contributed by atoms with Crippen LogP contribution in [-0.4, -0.2) is 80.1 Å². The van der Waals surface area contributed by atoms with Crippen molar-refractivity contribution in [1.29, 1.82) is 0 Å². The molecule has 1 aliphatic rings. The molecule has 0 heterocycles. The fourth-order valence-electron chi connectivity index (χ4n) is 6.69. The number of carbonyl (C=O) groups is 5. The molecular formula is C41H61N4O5+. The lowest BCUT2D eigenvalue weighted by atomic mass is 9.86. The fourth-order valence-corrected chi connectivity index (χ4v) is 6.69. The van der Waals surface area contributed by atoms with Crippen LogP contribution < -0.4 is 16.0 Å². The molecule has 1 fully saturated rings. The number of unbranched alkanes of at least 4 members (excludes halogenated alkanes) is 1. The summed E-state index contributed by atoms with van der Waals surface area (Å²) in [7, 11) is 6.43. The van der Waals surface area contributed by atoms with Crippen molar-refractivity contribution in [2.75, 3.05) is 34.2 Å². The van der Waals surface area contributed by atoms with Crippen LogP contribution in [0, 0.1) is 24.7 Å². The SMILES string of the molecule is CCCNC(=O)[C@H](CCCC[N+](C)(C)C)CC(=O)[C@@H](NC(=O)[C@H](C)CC(=O)[C@H](Cc1ccccc1)NC(=O)c1ccc(C)cc1)C1CCCC1. The standard InChI is InChI=1S/C41H60N4O5/c1-7-24-42-40(49)34(19-13-14-25-45(4,5)6)28-37(47)38(32-17-11-12-18-32)44-39(48)30(3)26-36(46)35(27-31-15-9-8-10-16-31)43-41(50)33-22-20-29(2)21-23-33/h8-10,15-16,20-23,30,32,34-35,38H,7,11-14,17-19,24-28H2,1-6H3,(H2-,42,43,44,48,49,50)/p+1/t30-,34-,35+,38+/m1/s1. The largest absolute Gasteiger partial charge is 0.356 e. The molecule has 3 rings (SSSR count). The van der Waals surface area contributed by atoms with Crippen LogP contribution in [0.1, 0.15) is 99.5 Å². The molecule has 274 valence electrons. The normalized spacial score (nSPS) is 15.8. The molecule has 2 aromatic carbocycles. The van der Waals surface area contributed by atoms with Gasteiger partial charge in [-0.3, -0.25) is 24.0 Å². The average Bonchev–Trinajstić information content (AvgIpc) is 3.62. The lowest BCUT2D eigenvalue weighted by Gasteiger charge is -2.27. The van der Waals surface area contributed by atoms with Crippen molar-refractivity contribution in [3.8, 4) is 0 Å². The van der Waals surface area contributed by atoms with Gasteiger partial charge in [-0.1, -0.05) is 74.7 Å². The zero-order chi connectivity index (χ0) is 36.7. The van der Waals surface area contributed by atoms with E-state index < -0.39 is 23.9 Å². The third kappa shape index (κ3) is 13.8. The first-order valence-electron chi connectivity index (χ1n) is 18.6. The second-order valence-electron chi connectivity index (χ2n) is 15.4. The second-order valence-corrected chi connectivity index (χ2v) is 15.4. The highest BCUT2D eigenvalue weighted by atomic mass is 16.2. The molecule has 0 radical (unpaired) electrons. The molecule has 0 spiro atoms. The Labute approximate surface area is 299 Å². The van der Waals surface area contributed by atoms with Crippen molar-refractivity contribution >= 4 is 29.3 Å². The minimum Gasteiger partial charge on any atom is -0.356 e. The molecule has 0 aliphatic heterocycles. The molecule has 9 heteroatoms. The predicted octanol–water partition coefficient (Wildman–Crippen LogP) is 5.58. The molecule has 0 unspecified atom stereocenters. The van der Waals surface area contributed by atoms with Crippen LogP contribution in [0.5, 0.6) is 0 Å². The molecule has 0 aromatic heterocycles. The number of aryl methyl sites for hydroxylation is 1. The molecular weight excluding hydrogens is 628 g/mol. The highest BCUT2D eigenvalue weighted by molar-refractivity contribution is 5.99. The quantitative estimate of drug-likeness (QED) is 0.117. The van der Waals surface area contributed by atoms with Gasteiger partial charge < -0.3 is 20.4 Å². The molecule has 50 heavy (non-hydrogen) atoms. The summed E-state index contributed by atoms with van der Waals surface area (Å²) < 4.78 is 0.841. The van der Waals surface area contributed by atoms with E-state index in [0.29, 0.717) is 24.9 Å². The van der Waals surface area contributed by atoms with E-state index in [1.807, 2.05) is 56.3 Å². The summed E-state index contributed by atoms with van der Waals surface area (Å²) in [5, 5.41) is 8.94. The number of carbonyl (C=O) groups excluding carboxylic acids is 5. The van der Waals surface area contributed by atoms with Gasteiger partial charge in [0.15, 0.2) is 11.6 Å². The number of nitrogens with zero attached hydrogens (tertiary/aromatic N) is 1. The number of Topliss-reactive ketones (excluding diaryl/α,β-unsaturated/α-hetero) is 2. The van der Waals surface area contributed by atoms with Crippen molar-refractivity contribution in [3.05, 3.63) is 71.3 Å². The summed E-state index contributed by atoms with van der Waals surface area (Å²) in [6.45, 7) is 7.18. The molecule has 3 amide bonds. The van der Waals surface area contributed by atoms with Gasteiger partial charge in [-0.15, -0.1) is 0 Å². The van der Waals surface area contributed by atoms with Crippen molar-refractivity contribution in [3.63, 3.8) is 0 Å². The first-order chi connectivity index (χ1) is 23.8. The fraction of sp³-hybridized carbons (Fsp3) is 0.585. The summed E-state index contributed by atoms with van der Waals surface area (Å²) in [6, 6.07) is 15.1. The number of ketones is 2. The van der Waals surface area contributed by atoms with Gasteiger partial charge in [-0.2, -0.15) is 0 Å². The van der Waals surface area contributed by atoms with E-state index in [9.17, 15) is 24.0 Å². The number of amides is 3. The van der Waals surface area contributed by atoms with Crippen molar-refractivity contribution in [2.45, 2.75) is 103 Å². The Morgan fingerprint density at radius 3 is 2.10 bits per heavy atom. The predicted molar refractivity (Wildman–Crippen MR) is 198 cm³/mol. The van der Waals surface area contributed by atoms with Gasteiger partial charge in [-0.05, 0) is 75.5 Å². The molecule has 0 saturated heterocycles. The minimum absolute atomic E-state index is 0.00604. The lowest BCUT2D eigenvalue weighted by molar-refractivity contribution is -0.870. The van der Waals surface area contributed by atoms with E-state index in [4.69, 9.17) is 0 Å². The molecule has 0 bridgehead atoms. The monoisotopic (exact) mass is 689 g/mol. The zero-order valence-electron chi connectivity index (χ0n) is 31.3. The van der Waals surface area contributed by atoms with Crippen LogP contribution in [0.4, 0.5) is 0 Å². The Morgan fingerprint density at radius 2 is 1.48 bits per heavy atom. The number of benzene rings is 2. The molecule has 3 N–H and O–H groups in total. The van der Waals surface area contributed by atoms with Crippen LogP contribution in [0.15, 0.2) is 54.6 Å². The molecule has 1 saturated carbocycles. The van der Waals surface area contributed by atoms with Crippen LogP contribution >= 0.6 is 0 Å². The number of rotatable bonds is 21. The van der Waals surface area contributed by atoms with Crippen molar-refractivity contribution < 1.29 is 28.5 Å². The van der Waals surface area contributed by atoms with E-state index in [1.165, 1.54) is 0 Å². The van der Waals surface area contributed by atoms with Gasteiger partial charge >= 0.3 is 0 Å². The van der Waals surface area contributed by atoms with Gasteiger partial charge in [0.05, 0.1) is 39.8 Å². The first-order valence-corrected chi connectivity index (χ1v) is 18.6. The van der Waals surface area contributed by atoms with Crippen LogP contribution in [0.2, 0.25) is 0 Å². The van der Waals surface area contributed by atoms with Gasteiger partial charge in [0, 0.05) is 36.8 Å². The smallest absolute Gasteiger partial charge is 0.251 e. The van der Waals surface area contributed by atoms with E-state index in [-0.39, 0.29) is 48.0 Å². The average molecular weight is 690 g/mol. The number of hydrogen-bond donors (Lipinski definition) is 3. The Balaban J connectivity index is 1.71. The van der Waals surface area contributed by atoms with E-state index in [0.717, 1.165) is 67.1 Å². The third-order valence-electron chi connectivity index (χ3n) is 9.76. The summed E-state index contributed by atoms with van der Waals surface area (Å²) in [4.78, 5) is 67.7. The van der Waals surface area contributed by atoms with E-state index in [2.05, 4.69) is 37.1 Å². The van der Waals surface area contributed by atoms with E-state index in [1.54, 1.807) is 19.1 Å². The molecule has 9 nitrogen and oxygen atoms in total. The highest BCUT2D eigenvalue weighted by Gasteiger charge is 2.36. The van der Waals surface area contributed by atoms with E-state index >= 15 is 0 Å². The highest BCUT2D eigenvalue weighted by Crippen LogP contribution is 2.30. The first kappa shape index (κ1) is 40.6. The van der Waals surface area contributed by atoms with Gasteiger partial charge in [0.2, 0.25) is 11.8 Å². The number of hydrogen-bond acceptors (Lipinski definition) is 5. The summed E-state index contributed by atoms with van der Waals surface area (Å²) >= 11 is 0. The summed E-state index contributed by atoms with van der Waals surface area (Å²) in [5.74, 6) is -2.32. The van der Waals surface area contributed by atoms with Crippen molar-refractivity contribution in [2.24, 2.45) is 17.8 Å². The molecule has 2 aromatic rings.